The normalized spacial score (nSPS) is 18.7. The first-order valence-corrected chi connectivity index (χ1v) is 6.48. The van der Waals surface area contributed by atoms with Gasteiger partial charge in [-0.15, -0.1) is 0 Å². The summed E-state index contributed by atoms with van der Waals surface area (Å²) in [7, 11) is -3.57. The van der Waals surface area contributed by atoms with Crippen LogP contribution in [0.1, 0.15) is 45.4 Å². The minimum absolute atomic E-state index is 1.36. The van der Waals surface area contributed by atoms with Crippen LogP contribution in [-0.2, 0) is 0 Å². The molecule has 0 aromatic heterocycles. The maximum absolute atomic E-state index is 9.75. The summed E-state index contributed by atoms with van der Waals surface area (Å²) < 4.78 is 40.4. The van der Waals surface area contributed by atoms with Crippen LogP contribution in [0.4, 0.5) is 17.3 Å². The van der Waals surface area contributed by atoms with Crippen molar-refractivity contribution in [3.8, 4) is 0 Å². The van der Waals surface area contributed by atoms with Crippen LogP contribution in [0.15, 0.2) is 0 Å². The summed E-state index contributed by atoms with van der Waals surface area (Å²) in [4.78, 5) is 0. The van der Waals surface area contributed by atoms with E-state index in [0.717, 1.165) is 0 Å². The third kappa shape index (κ3) is 12.0. The van der Waals surface area contributed by atoms with E-state index in [-0.39, 0.29) is 0 Å². The maximum Gasteiger partial charge on any atom is 0.673 e. The predicted molar refractivity (Wildman–Crippen MR) is 64.3 cm³/mol. The molecule has 0 atom stereocenters. The monoisotopic (exact) mass is 257 g/mol. The molecule has 6 heteroatoms. The lowest BCUT2D eigenvalue weighted by Crippen LogP contribution is -2.41. The first-order valence-electron chi connectivity index (χ1n) is 6.48. The number of quaternary nitrogens is 1. The van der Waals surface area contributed by atoms with E-state index in [1.807, 2.05) is 0 Å². The summed E-state index contributed by atoms with van der Waals surface area (Å²) in [6.45, 7) is 6.59. The third-order valence-electron chi connectivity index (χ3n) is 3.20. The Morgan fingerprint density at radius 2 is 1.41 bits per heavy atom. The number of unbranched alkanes of at least 4 members (excludes halogenated alkanes) is 3. The van der Waals surface area contributed by atoms with Crippen molar-refractivity contribution in [1.82, 2.24) is 0 Å². The molecule has 0 aromatic rings. The van der Waals surface area contributed by atoms with E-state index < -0.39 is 7.25 Å². The molecular weight excluding hydrogens is 233 g/mol. The smallest absolute Gasteiger partial charge is 0.418 e. The van der Waals surface area contributed by atoms with E-state index in [0.29, 0.717) is 0 Å². The summed E-state index contributed by atoms with van der Waals surface area (Å²) >= 11 is 0. The Morgan fingerprint density at radius 3 is 1.82 bits per heavy atom. The van der Waals surface area contributed by atoms with Crippen molar-refractivity contribution in [2.75, 3.05) is 26.7 Å². The van der Waals surface area contributed by atoms with Crippen molar-refractivity contribution in [3.63, 3.8) is 0 Å². The summed E-state index contributed by atoms with van der Waals surface area (Å²) in [5.41, 5.74) is 0. The largest absolute Gasteiger partial charge is 0.673 e. The Balaban J connectivity index is 0.000000437. The summed E-state index contributed by atoms with van der Waals surface area (Å²) in [6, 6.07) is 0. The average Bonchev–Trinajstić information content (AvgIpc) is 2.58. The van der Waals surface area contributed by atoms with Crippen LogP contribution in [0.3, 0.4) is 0 Å². The highest BCUT2D eigenvalue weighted by atomic mass is 19.5. The lowest BCUT2D eigenvalue weighted by atomic mass is 10.2. The van der Waals surface area contributed by atoms with Gasteiger partial charge in [-0.2, -0.15) is 0 Å². The van der Waals surface area contributed by atoms with Gasteiger partial charge in [-0.05, 0) is 12.8 Å². The van der Waals surface area contributed by atoms with Crippen molar-refractivity contribution in [2.45, 2.75) is 45.4 Å². The zero-order valence-electron chi connectivity index (χ0n) is 10.9. The second kappa shape index (κ2) is 7.95. The fraction of sp³-hybridized carbons (Fsp3) is 1.00. The summed E-state index contributed by atoms with van der Waals surface area (Å²) in [6.07, 6.45) is 8.62. The van der Waals surface area contributed by atoms with Crippen molar-refractivity contribution >= 4 is 7.25 Å². The zero-order valence-corrected chi connectivity index (χ0v) is 10.9. The number of hydrogen-bond acceptors (Lipinski definition) is 0. The van der Waals surface area contributed by atoms with E-state index in [1.165, 1.54) is 62.6 Å². The highest BCUT2D eigenvalue weighted by Gasteiger charge is 2.25. The molecule has 1 saturated heterocycles. The molecule has 0 aromatic carbocycles. The van der Waals surface area contributed by atoms with Gasteiger partial charge in [0.15, 0.2) is 0 Å². The van der Waals surface area contributed by atoms with Crippen molar-refractivity contribution < 1.29 is 21.7 Å². The van der Waals surface area contributed by atoms with Gasteiger partial charge in [0, 0.05) is 12.8 Å². The number of halogens is 4. The number of rotatable bonds is 5. The van der Waals surface area contributed by atoms with Gasteiger partial charge in [0.1, 0.15) is 0 Å². The standard InChI is InChI=1S/C11H24N.BF4/c1-3-4-5-6-9-12(2)10-7-8-11-12;2-1(3,4)5/h3-11H2,1-2H3;/q+1;-1. The first-order chi connectivity index (χ1) is 7.77. The van der Waals surface area contributed by atoms with Crippen LogP contribution in [-0.4, -0.2) is 38.4 Å². The van der Waals surface area contributed by atoms with E-state index >= 15 is 0 Å². The molecule has 1 nitrogen and oxygen atoms in total. The number of hydrogen-bond donors (Lipinski definition) is 0. The van der Waals surface area contributed by atoms with Crippen LogP contribution in [0, 0.1) is 0 Å². The van der Waals surface area contributed by atoms with E-state index in [2.05, 4.69) is 14.0 Å². The van der Waals surface area contributed by atoms with Crippen LogP contribution >= 0.6 is 0 Å². The Hall–Kier alpha value is -0.255. The van der Waals surface area contributed by atoms with Crippen molar-refractivity contribution in [1.29, 1.82) is 0 Å². The van der Waals surface area contributed by atoms with Gasteiger partial charge in [-0.1, -0.05) is 19.8 Å². The lowest BCUT2D eigenvalue weighted by molar-refractivity contribution is -0.897. The van der Waals surface area contributed by atoms with Crippen molar-refractivity contribution in [2.24, 2.45) is 0 Å². The van der Waals surface area contributed by atoms with Crippen LogP contribution in [0.25, 0.3) is 0 Å². The minimum Gasteiger partial charge on any atom is -0.418 e. The Labute approximate surface area is 102 Å². The molecule has 1 aliphatic rings. The van der Waals surface area contributed by atoms with Gasteiger partial charge >= 0.3 is 7.25 Å². The molecule has 1 heterocycles. The molecule has 1 aliphatic heterocycles. The molecule has 1 rings (SSSR count). The molecule has 17 heavy (non-hydrogen) atoms. The maximum atomic E-state index is 9.75. The SMILES string of the molecule is CCCCCC[N+]1(C)CCCC1.F[B-](F)(F)F. The molecule has 104 valence electrons. The lowest BCUT2D eigenvalue weighted by Gasteiger charge is -2.29. The fourth-order valence-electron chi connectivity index (χ4n) is 2.24. The first kappa shape index (κ1) is 16.7. The van der Waals surface area contributed by atoms with Crippen LogP contribution < -0.4 is 0 Å². The molecular formula is C11H24BF4N. The summed E-state index contributed by atoms with van der Waals surface area (Å²) in [5.74, 6) is 0. The van der Waals surface area contributed by atoms with Crippen LogP contribution in [0.2, 0.25) is 0 Å². The van der Waals surface area contributed by atoms with Gasteiger partial charge in [0.25, 0.3) is 0 Å². The molecule has 0 spiro atoms. The minimum atomic E-state index is -6.00. The second-order valence-corrected chi connectivity index (χ2v) is 5.05. The van der Waals surface area contributed by atoms with Gasteiger partial charge in [0.2, 0.25) is 0 Å². The molecule has 0 N–H and O–H groups in total. The predicted octanol–water partition coefficient (Wildman–Crippen LogP) is 4.11. The highest BCUT2D eigenvalue weighted by Crippen LogP contribution is 2.17. The number of likely N-dealkylation sites (tertiary alicyclic amines) is 1. The molecule has 0 bridgehead atoms. The van der Waals surface area contributed by atoms with Gasteiger partial charge in [0.05, 0.1) is 26.7 Å². The Bertz CT molecular complexity index is 184. The Kier molecular flexibility index (Phi) is 7.83. The van der Waals surface area contributed by atoms with Gasteiger partial charge in [-0.3, -0.25) is 0 Å². The molecule has 0 amide bonds. The quantitative estimate of drug-likeness (QED) is 0.301. The summed E-state index contributed by atoms with van der Waals surface area (Å²) in [5, 5.41) is 0. The van der Waals surface area contributed by atoms with Gasteiger partial charge < -0.3 is 21.7 Å². The topological polar surface area (TPSA) is 0 Å². The van der Waals surface area contributed by atoms with Gasteiger partial charge in [-0.25, -0.2) is 0 Å². The van der Waals surface area contributed by atoms with E-state index in [9.17, 15) is 17.3 Å². The second-order valence-electron chi connectivity index (χ2n) is 5.05. The Morgan fingerprint density at radius 1 is 0.941 bits per heavy atom. The fourth-order valence-corrected chi connectivity index (χ4v) is 2.24. The van der Waals surface area contributed by atoms with Crippen molar-refractivity contribution in [3.05, 3.63) is 0 Å². The molecule has 0 saturated carbocycles. The number of nitrogens with zero attached hydrogens (tertiary/aromatic N) is 1. The molecule has 0 aliphatic carbocycles. The van der Waals surface area contributed by atoms with Crippen LogP contribution in [0.5, 0.6) is 0 Å². The average molecular weight is 257 g/mol. The zero-order chi connectivity index (χ0) is 13.4. The van der Waals surface area contributed by atoms with E-state index in [1.54, 1.807) is 0 Å². The van der Waals surface area contributed by atoms with E-state index in [4.69, 9.17) is 0 Å². The third-order valence-corrected chi connectivity index (χ3v) is 3.20. The molecule has 0 unspecified atom stereocenters. The molecule has 1 fully saturated rings. The molecule has 0 radical (unpaired) electrons. The highest BCUT2D eigenvalue weighted by molar-refractivity contribution is 6.50.